The molecule has 1 aromatic carbocycles. The molecule has 162 valence electrons. The number of rotatable bonds is 8. The summed E-state index contributed by atoms with van der Waals surface area (Å²) >= 11 is 0. The second-order valence-corrected chi connectivity index (χ2v) is 9.00. The predicted octanol–water partition coefficient (Wildman–Crippen LogP) is 3.93. The van der Waals surface area contributed by atoms with Crippen LogP contribution >= 0.6 is 0 Å². The van der Waals surface area contributed by atoms with Crippen LogP contribution in [-0.4, -0.2) is 37.8 Å². The van der Waals surface area contributed by atoms with Crippen LogP contribution in [0.1, 0.15) is 37.3 Å². The molecule has 1 atom stereocenters. The Morgan fingerprint density at radius 3 is 1.93 bits per heavy atom. The molecule has 0 amide bonds. The van der Waals surface area contributed by atoms with Gasteiger partial charge in [0, 0.05) is 0 Å². The first kappa shape index (κ1) is 24.5. The molecule has 0 bridgehead atoms. The molecular formula is C14H16F6O6S2. The minimum absolute atomic E-state index is 0.0233. The van der Waals surface area contributed by atoms with Gasteiger partial charge < -0.3 is 4.18 Å². The SMILES string of the molecule is CCC(C)c1ccc(OS(=O)(=O)C(F)(F)C(F)(F)C(F)(F)S(=O)(=O)O)cc1C. The van der Waals surface area contributed by atoms with E-state index >= 15 is 0 Å². The van der Waals surface area contributed by atoms with Crippen molar-refractivity contribution in [2.75, 3.05) is 0 Å². The van der Waals surface area contributed by atoms with Gasteiger partial charge in [0.1, 0.15) is 5.75 Å². The standard InChI is InChI=1S/C14H16F6O6S2/c1-4-8(2)11-6-5-10(7-9(11)3)26-28(24,25)14(19,20)12(15,16)13(17,18)27(21,22)23/h5-8H,4H2,1-3H3,(H,21,22,23). The van der Waals surface area contributed by atoms with Crippen molar-refractivity contribution < 1.29 is 51.9 Å². The van der Waals surface area contributed by atoms with Crippen molar-refractivity contribution in [2.45, 2.75) is 49.5 Å². The van der Waals surface area contributed by atoms with E-state index in [9.17, 15) is 43.2 Å². The summed E-state index contributed by atoms with van der Waals surface area (Å²) in [6, 6.07) is 3.03. The maximum absolute atomic E-state index is 13.7. The van der Waals surface area contributed by atoms with E-state index in [0.29, 0.717) is 17.5 Å². The van der Waals surface area contributed by atoms with E-state index in [0.717, 1.165) is 12.1 Å². The number of hydrogen-bond acceptors (Lipinski definition) is 5. The van der Waals surface area contributed by atoms with Gasteiger partial charge in [-0.1, -0.05) is 19.9 Å². The summed E-state index contributed by atoms with van der Waals surface area (Å²) in [6.07, 6.45) is 0.661. The summed E-state index contributed by atoms with van der Waals surface area (Å²) < 4.78 is 136. The fraction of sp³-hybridized carbons (Fsp3) is 0.571. The third-order valence-electron chi connectivity index (χ3n) is 3.96. The lowest BCUT2D eigenvalue weighted by Crippen LogP contribution is -2.61. The van der Waals surface area contributed by atoms with Gasteiger partial charge >= 0.3 is 36.7 Å². The Balaban J connectivity index is 3.37. The Labute approximate surface area is 157 Å². The summed E-state index contributed by atoms with van der Waals surface area (Å²) in [5.74, 6) is -7.95. The topological polar surface area (TPSA) is 97.7 Å². The number of halogens is 6. The summed E-state index contributed by atoms with van der Waals surface area (Å²) in [7, 11) is -13.9. The quantitative estimate of drug-likeness (QED) is 0.360. The van der Waals surface area contributed by atoms with Gasteiger partial charge in [-0.05, 0) is 42.5 Å². The van der Waals surface area contributed by atoms with Crippen molar-refractivity contribution in [3.05, 3.63) is 29.3 Å². The molecule has 0 aromatic heterocycles. The number of hydrogen-bond donors (Lipinski definition) is 1. The molecule has 28 heavy (non-hydrogen) atoms. The molecule has 1 rings (SSSR count). The molecule has 0 spiro atoms. The molecular weight excluding hydrogens is 442 g/mol. The molecule has 0 heterocycles. The Morgan fingerprint density at radius 2 is 1.54 bits per heavy atom. The second-order valence-electron chi connectivity index (χ2n) is 5.95. The van der Waals surface area contributed by atoms with Crippen LogP contribution < -0.4 is 4.18 Å². The van der Waals surface area contributed by atoms with Gasteiger partial charge in [0.25, 0.3) is 0 Å². The molecule has 0 radical (unpaired) electrons. The summed E-state index contributed by atoms with van der Waals surface area (Å²) in [4.78, 5) is 0. The van der Waals surface area contributed by atoms with Crippen LogP contribution in [0.4, 0.5) is 26.3 Å². The van der Waals surface area contributed by atoms with Gasteiger partial charge in [0.05, 0.1) is 0 Å². The van der Waals surface area contributed by atoms with Gasteiger partial charge in [-0.2, -0.15) is 43.2 Å². The average Bonchev–Trinajstić information content (AvgIpc) is 2.52. The highest BCUT2D eigenvalue weighted by Gasteiger charge is 2.83. The highest BCUT2D eigenvalue weighted by Crippen LogP contribution is 2.51. The molecule has 0 aliphatic heterocycles. The van der Waals surface area contributed by atoms with Crippen LogP contribution in [0, 0.1) is 6.92 Å². The molecule has 1 unspecified atom stereocenters. The van der Waals surface area contributed by atoms with Gasteiger partial charge in [-0.15, -0.1) is 0 Å². The van der Waals surface area contributed by atoms with Crippen molar-refractivity contribution in [1.82, 2.24) is 0 Å². The summed E-state index contributed by atoms with van der Waals surface area (Å²) in [5.41, 5.74) is 1.02. The molecule has 0 saturated heterocycles. The summed E-state index contributed by atoms with van der Waals surface area (Å²) in [5, 5.41) is -13.5. The zero-order valence-electron chi connectivity index (χ0n) is 14.6. The molecule has 6 nitrogen and oxygen atoms in total. The fourth-order valence-electron chi connectivity index (χ4n) is 2.14. The number of alkyl halides is 6. The molecule has 0 aliphatic carbocycles. The molecule has 0 aliphatic rings. The van der Waals surface area contributed by atoms with Crippen molar-refractivity contribution >= 4 is 20.2 Å². The Hall–Kier alpha value is -1.54. The van der Waals surface area contributed by atoms with Crippen molar-refractivity contribution in [1.29, 1.82) is 0 Å². The van der Waals surface area contributed by atoms with Crippen molar-refractivity contribution in [2.24, 2.45) is 0 Å². The van der Waals surface area contributed by atoms with Gasteiger partial charge in [-0.3, -0.25) is 4.55 Å². The maximum Gasteiger partial charge on any atom is 0.450 e. The van der Waals surface area contributed by atoms with Crippen LogP contribution in [0.3, 0.4) is 0 Å². The molecule has 1 aromatic rings. The lowest BCUT2D eigenvalue weighted by Gasteiger charge is -2.29. The molecule has 14 heteroatoms. The van der Waals surface area contributed by atoms with E-state index in [1.165, 1.54) is 13.0 Å². The minimum atomic E-state index is -7.08. The van der Waals surface area contributed by atoms with Gasteiger partial charge in [0.15, 0.2) is 0 Å². The summed E-state index contributed by atoms with van der Waals surface area (Å²) in [6.45, 7) is 5.07. The highest BCUT2D eigenvalue weighted by atomic mass is 32.2. The highest BCUT2D eigenvalue weighted by molar-refractivity contribution is 7.88. The lowest BCUT2D eigenvalue weighted by molar-refractivity contribution is -0.247. The van der Waals surface area contributed by atoms with E-state index in [1.807, 2.05) is 6.92 Å². The number of aryl methyl sites for hydroxylation is 1. The second kappa shape index (κ2) is 7.37. The first-order valence-corrected chi connectivity index (χ1v) is 10.3. The third-order valence-corrected chi connectivity index (χ3v) is 6.16. The average molecular weight is 458 g/mol. The van der Waals surface area contributed by atoms with Crippen molar-refractivity contribution in [3.8, 4) is 5.75 Å². The van der Waals surface area contributed by atoms with E-state index in [1.54, 1.807) is 6.92 Å². The zero-order valence-corrected chi connectivity index (χ0v) is 16.2. The van der Waals surface area contributed by atoms with Crippen LogP contribution in [0.2, 0.25) is 0 Å². The Kier molecular flexibility index (Phi) is 6.45. The molecule has 1 N–H and O–H groups in total. The minimum Gasteiger partial charge on any atom is -0.378 e. The molecule has 0 saturated carbocycles. The normalized spacial score (nSPS) is 15.4. The van der Waals surface area contributed by atoms with Gasteiger partial charge in [-0.25, -0.2) is 0 Å². The van der Waals surface area contributed by atoms with Crippen molar-refractivity contribution in [3.63, 3.8) is 0 Å². The first-order valence-electron chi connectivity index (χ1n) is 7.48. The van der Waals surface area contributed by atoms with Gasteiger partial charge in [0.2, 0.25) is 0 Å². The lowest BCUT2D eigenvalue weighted by atomic mass is 9.94. The Morgan fingerprint density at radius 1 is 1.04 bits per heavy atom. The van der Waals surface area contributed by atoms with Crippen LogP contribution in [0.5, 0.6) is 5.75 Å². The van der Waals surface area contributed by atoms with E-state index in [-0.39, 0.29) is 5.92 Å². The van der Waals surface area contributed by atoms with Crippen LogP contribution in [0.25, 0.3) is 0 Å². The third kappa shape index (κ3) is 3.94. The largest absolute Gasteiger partial charge is 0.450 e. The van der Waals surface area contributed by atoms with Crippen LogP contribution in [-0.2, 0) is 20.2 Å². The first-order chi connectivity index (χ1) is 12.3. The monoisotopic (exact) mass is 458 g/mol. The molecule has 0 fully saturated rings. The fourth-order valence-corrected chi connectivity index (χ4v) is 3.56. The zero-order chi connectivity index (χ0) is 22.3. The van der Waals surface area contributed by atoms with E-state index in [2.05, 4.69) is 4.18 Å². The van der Waals surface area contributed by atoms with E-state index < -0.39 is 42.4 Å². The smallest absolute Gasteiger partial charge is 0.378 e. The predicted molar refractivity (Wildman–Crippen MR) is 85.8 cm³/mol. The maximum atomic E-state index is 13.7. The van der Waals surface area contributed by atoms with Crippen LogP contribution in [0.15, 0.2) is 18.2 Å². The Bertz CT molecular complexity index is 943. The number of benzene rings is 1. The van der Waals surface area contributed by atoms with E-state index in [4.69, 9.17) is 4.55 Å².